The molecule has 2 atom stereocenters. The van der Waals surface area contributed by atoms with E-state index in [9.17, 15) is 4.79 Å². The Hall–Kier alpha value is -1.81. The first-order valence-corrected chi connectivity index (χ1v) is 9.45. The average molecular weight is 341 g/mol. The second-order valence-corrected chi connectivity index (χ2v) is 8.18. The monoisotopic (exact) mass is 341 g/mol. The number of likely N-dealkylation sites (N-methyl/N-ethyl adjacent to an activating group) is 1. The molecule has 0 spiro atoms. The van der Waals surface area contributed by atoms with Crippen LogP contribution in [0.25, 0.3) is 10.9 Å². The zero-order chi connectivity index (χ0) is 18.1. The van der Waals surface area contributed by atoms with E-state index >= 15 is 0 Å². The van der Waals surface area contributed by atoms with Gasteiger partial charge in [-0.3, -0.25) is 4.79 Å². The molecule has 0 fully saturated rings. The highest BCUT2D eigenvalue weighted by Gasteiger charge is 2.21. The number of hydrogen-bond acceptors (Lipinski definition) is 2. The van der Waals surface area contributed by atoms with Crippen LogP contribution in [0.4, 0.5) is 0 Å². The Morgan fingerprint density at radius 3 is 2.80 bits per heavy atom. The lowest BCUT2D eigenvalue weighted by atomic mass is 9.87. The Kier molecular flexibility index (Phi) is 5.19. The second-order valence-electron chi connectivity index (χ2n) is 8.18. The maximum atomic E-state index is 12.7. The van der Waals surface area contributed by atoms with Gasteiger partial charge in [0, 0.05) is 34.7 Å². The van der Waals surface area contributed by atoms with Crippen molar-refractivity contribution >= 4 is 16.8 Å². The molecule has 1 heterocycles. The smallest absolute Gasteiger partial charge is 0.251 e. The summed E-state index contributed by atoms with van der Waals surface area (Å²) in [5.74, 6) is 1.24. The number of rotatable bonds is 5. The van der Waals surface area contributed by atoms with Crippen molar-refractivity contribution in [2.75, 3.05) is 20.6 Å². The van der Waals surface area contributed by atoms with Crippen LogP contribution in [0.1, 0.15) is 48.8 Å². The number of nitrogens with one attached hydrogen (secondary N) is 2. The quantitative estimate of drug-likeness (QED) is 0.873. The molecular weight excluding hydrogens is 310 g/mol. The third-order valence-electron chi connectivity index (χ3n) is 5.60. The Morgan fingerprint density at radius 2 is 2.12 bits per heavy atom. The van der Waals surface area contributed by atoms with E-state index in [2.05, 4.69) is 62.2 Å². The van der Waals surface area contributed by atoms with Crippen molar-refractivity contribution in [3.8, 4) is 0 Å². The third kappa shape index (κ3) is 3.74. The van der Waals surface area contributed by atoms with Crippen LogP contribution in [0, 0.1) is 11.8 Å². The summed E-state index contributed by atoms with van der Waals surface area (Å²) >= 11 is 0. The Bertz CT molecular complexity index is 752. The van der Waals surface area contributed by atoms with Crippen LogP contribution in [-0.4, -0.2) is 42.5 Å². The molecule has 3 rings (SSSR count). The number of aromatic nitrogens is 1. The van der Waals surface area contributed by atoms with Gasteiger partial charge in [-0.1, -0.05) is 20.8 Å². The summed E-state index contributed by atoms with van der Waals surface area (Å²) in [5, 5.41) is 4.34. The zero-order valence-corrected chi connectivity index (χ0v) is 16.1. The van der Waals surface area contributed by atoms with Gasteiger partial charge in [0.1, 0.15) is 0 Å². The molecule has 25 heavy (non-hydrogen) atoms. The molecule has 2 N–H and O–H groups in total. The highest BCUT2D eigenvalue weighted by Crippen LogP contribution is 2.32. The summed E-state index contributed by atoms with van der Waals surface area (Å²) in [4.78, 5) is 18.4. The van der Waals surface area contributed by atoms with Gasteiger partial charge in [0.2, 0.25) is 0 Å². The molecule has 1 aromatic heterocycles. The van der Waals surface area contributed by atoms with Gasteiger partial charge in [-0.2, -0.15) is 0 Å². The van der Waals surface area contributed by atoms with Crippen molar-refractivity contribution < 1.29 is 4.79 Å². The highest BCUT2D eigenvalue weighted by molar-refractivity contribution is 5.99. The van der Waals surface area contributed by atoms with Crippen LogP contribution in [-0.2, 0) is 12.8 Å². The number of aryl methyl sites for hydroxylation is 1. The number of carbonyl (C=O) groups is 1. The molecule has 1 aliphatic rings. The van der Waals surface area contributed by atoms with Crippen molar-refractivity contribution in [2.24, 2.45) is 11.8 Å². The van der Waals surface area contributed by atoms with E-state index in [0.717, 1.165) is 29.8 Å². The minimum absolute atomic E-state index is 0.0215. The number of nitrogens with zero attached hydrogens (tertiary/aromatic N) is 1. The zero-order valence-electron chi connectivity index (χ0n) is 16.1. The first-order valence-electron chi connectivity index (χ1n) is 9.45. The van der Waals surface area contributed by atoms with E-state index in [-0.39, 0.29) is 5.91 Å². The van der Waals surface area contributed by atoms with Crippen LogP contribution in [0.15, 0.2) is 18.2 Å². The van der Waals surface area contributed by atoms with Gasteiger partial charge in [-0.05, 0) is 69.0 Å². The molecule has 2 aromatic rings. The number of fused-ring (bicyclic) bond motifs is 3. The molecule has 0 saturated carbocycles. The molecule has 136 valence electrons. The fourth-order valence-electron chi connectivity index (χ4n) is 4.05. The summed E-state index contributed by atoms with van der Waals surface area (Å²) < 4.78 is 0. The van der Waals surface area contributed by atoms with Gasteiger partial charge in [-0.15, -0.1) is 0 Å². The summed E-state index contributed by atoms with van der Waals surface area (Å²) in [7, 11) is 4.13. The fraction of sp³-hybridized carbons (Fsp3) is 0.571. The molecule has 0 saturated heterocycles. The Balaban J connectivity index is 1.79. The van der Waals surface area contributed by atoms with Gasteiger partial charge < -0.3 is 15.2 Å². The minimum Gasteiger partial charge on any atom is -0.358 e. The molecule has 0 aliphatic heterocycles. The van der Waals surface area contributed by atoms with Gasteiger partial charge >= 0.3 is 0 Å². The largest absolute Gasteiger partial charge is 0.358 e. The van der Waals surface area contributed by atoms with Crippen molar-refractivity contribution in [1.82, 2.24) is 15.2 Å². The minimum atomic E-state index is 0.0215. The molecular formula is C21H31N3O. The van der Waals surface area contributed by atoms with Crippen molar-refractivity contribution in [3.63, 3.8) is 0 Å². The Morgan fingerprint density at radius 1 is 1.36 bits per heavy atom. The molecule has 0 unspecified atom stereocenters. The third-order valence-corrected chi connectivity index (χ3v) is 5.60. The molecule has 1 aliphatic carbocycles. The number of H-pyrrole nitrogens is 1. The number of hydrogen-bond donors (Lipinski definition) is 2. The molecule has 4 nitrogen and oxygen atoms in total. The first kappa shape index (κ1) is 18.0. The van der Waals surface area contributed by atoms with Crippen molar-refractivity contribution in [2.45, 2.75) is 46.1 Å². The number of amides is 1. The van der Waals surface area contributed by atoms with E-state index in [4.69, 9.17) is 0 Å². The van der Waals surface area contributed by atoms with Gasteiger partial charge in [0.25, 0.3) is 5.91 Å². The standard InChI is InChI=1S/C21H31N3O/c1-13(2)20(24(4)5)12-22-21(25)15-7-9-19-17(11-15)16-10-14(3)6-8-18(16)23-19/h7,9,11,13-14,20,23H,6,8,10,12H2,1-5H3,(H,22,25)/t14-,20+/m0/s1. The normalized spacial score (nSPS) is 18.6. The predicted molar refractivity (Wildman–Crippen MR) is 104 cm³/mol. The molecule has 4 heteroatoms. The topological polar surface area (TPSA) is 48.1 Å². The average Bonchev–Trinajstić information content (AvgIpc) is 2.91. The molecule has 0 radical (unpaired) electrons. The summed E-state index contributed by atoms with van der Waals surface area (Å²) in [6, 6.07) is 6.40. The van der Waals surface area contributed by atoms with Crippen LogP contribution >= 0.6 is 0 Å². The summed E-state index contributed by atoms with van der Waals surface area (Å²) in [5.41, 5.74) is 4.69. The maximum absolute atomic E-state index is 12.7. The van der Waals surface area contributed by atoms with Crippen LogP contribution in [0.3, 0.4) is 0 Å². The first-order chi connectivity index (χ1) is 11.9. The van der Waals surface area contributed by atoms with Gasteiger partial charge in [0.05, 0.1) is 0 Å². The predicted octanol–water partition coefficient (Wildman–Crippen LogP) is 3.61. The lowest BCUT2D eigenvalue weighted by Gasteiger charge is -2.28. The van der Waals surface area contributed by atoms with E-state index in [1.165, 1.54) is 23.1 Å². The van der Waals surface area contributed by atoms with Crippen LogP contribution in [0.5, 0.6) is 0 Å². The van der Waals surface area contributed by atoms with E-state index in [0.29, 0.717) is 18.5 Å². The maximum Gasteiger partial charge on any atom is 0.251 e. The Labute approximate surface area is 151 Å². The number of aromatic amines is 1. The second kappa shape index (κ2) is 7.20. The SMILES string of the molecule is CC(C)[C@@H](CNC(=O)c1ccc2[nH]c3c(c2c1)C[C@@H](C)CC3)N(C)C. The summed E-state index contributed by atoms with van der Waals surface area (Å²) in [6.07, 6.45) is 3.47. The number of carbonyl (C=O) groups excluding carboxylic acids is 1. The van der Waals surface area contributed by atoms with Crippen molar-refractivity contribution in [1.29, 1.82) is 0 Å². The van der Waals surface area contributed by atoms with Crippen molar-refractivity contribution in [3.05, 3.63) is 35.0 Å². The van der Waals surface area contributed by atoms with E-state index < -0.39 is 0 Å². The van der Waals surface area contributed by atoms with E-state index in [1.54, 1.807) is 0 Å². The van der Waals surface area contributed by atoms with Crippen LogP contribution < -0.4 is 5.32 Å². The van der Waals surface area contributed by atoms with Crippen LogP contribution in [0.2, 0.25) is 0 Å². The van der Waals surface area contributed by atoms with Gasteiger partial charge in [-0.25, -0.2) is 0 Å². The number of benzene rings is 1. The fourth-order valence-corrected chi connectivity index (χ4v) is 4.05. The molecule has 1 amide bonds. The molecule has 0 bridgehead atoms. The van der Waals surface area contributed by atoms with E-state index in [1.807, 2.05) is 6.07 Å². The van der Waals surface area contributed by atoms with Gasteiger partial charge in [0.15, 0.2) is 0 Å². The lowest BCUT2D eigenvalue weighted by Crippen LogP contribution is -2.43. The molecule has 1 aromatic carbocycles. The summed E-state index contributed by atoms with van der Waals surface area (Å²) in [6.45, 7) is 7.36. The lowest BCUT2D eigenvalue weighted by molar-refractivity contribution is 0.0935. The highest BCUT2D eigenvalue weighted by atomic mass is 16.1.